The van der Waals surface area contributed by atoms with Crippen molar-refractivity contribution in [3.05, 3.63) is 36.2 Å². The molecule has 0 atom stereocenters. The summed E-state index contributed by atoms with van der Waals surface area (Å²) in [6.45, 7) is 1.48. The monoisotopic (exact) mass is 203 g/mol. The van der Waals surface area contributed by atoms with E-state index in [1.807, 2.05) is 6.07 Å². The van der Waals surface area contributed by atoms with Crippen LogP contribution in [0.3, 0.4) is 0 Å². The smallest absolute Gasteiger partial charge is 0.156 e. The molecule has 15 heavy (non-hydrogen) atoms. The molecule has 0 aromatic carbocycles. The number of allylic oxidation sites excluding steroid dienone is 1. The van der Waals surface area contributed by atoms with Gasteiger partial charge in [0.2, 0.25) is 0 Å². The van der Waals surface area contributed by atoms with Gasteiger partial charge in [-0.2, -0.15) is 0 Å². The van der Waals surface area contributed by atoms with Crippen LogP contribution in [0.25, 0.3) is 6.08 Å². The van der Waals surface area contributed by atoms with Crippen LogP contribution in [-0.4, -0.2) is 16.6 Å². The standard InChI is InChI=1S/C12H13NO2/c1-10(14)4-6-12(15)7-5-11-3-2-8-13-9-11/h2-3,5,7-9H,4,6H2,1H3/b7-5+. The molecule has 0 spiro atoms. The van der Waals surface area contributed by atoms with Gasteiger partial charge in [-0.1, -0.05) is 6.07 Å². The molecule has 0 aliphatic rings. The first kappa shape index (κ1) is 11.3. The molecule has 78 valence electrons. The average molecular weight is 203 g/mol. The lowest BCUT2D eigenvalue weighted by molar-refractivity contribution is -0.120. The number of hydrogen-bond acceptors (Lipinski definition) is 3. The molecule has 0 saturated carbocycles. The zero-order chi connectivity index (χ0) is 11.1. The van der Waals surface area contributed by atoms with Crippen LogP contribution in [0.2, 0.25) is 0 Å². The van der Waals surface area contributed by atoms with E-state index >= 15 is 0 Å². The predicted octanol–water partition coefficient (Wildman–Crippen LogP) is 2.03. The van der Waals surface area contributed by atoms with E-state index in [1.54, 1.807) is 24.5 Å². The number of ketones is 2. The van der Waals surface area contributed by atoms with Crippen LogP contribution in [0.4, 0.5) is 0 Å². The third-order valence-corrected chi connectivity index (χ3v) is 1.87. The summed E-state index contributed by atoms with van der Waals surface area (Å²) in [5.74, 6) is 0.00665. The normalized spacial score (nSPS) is 10.5. The first-order valence-corrected chi connectivity index (χ1v) is 4.79. The lowest BCUT2D eigenvalue weighted by atomic mass is 10.1. The lowest BCUT2D eigenvalue weighted by Gasteiger charge is -1.92. The second-order valence-electron chi connectivity index (χ2n) is 3.29. The van der Waals surface area contributed by atoms with Crippen LogP contribution in [-0.2, 0) is 9.59 Å². The highest BCUT2D eigenvalue weighted by atomic mass is 16.1. The van der Waals surface area contributed by atoms with Crippen LogP contribution in [0.15, 0.2) is 30.6 Å². The Labute approximate surface area is 88.8 Å². The second kappa shape index (κ2) is 5.86. The Morgan fingerprint density at radius 3 is 2.80 bits per heavy atom. The van der Waals surface area contributed by atoms with Gasteiger partial charge < -0.3 is 4.79 Å². The number of aromatic nitrogens is 1. The maximum Gasteiger partial charge on any atom is 0.156 e. The zero-order valence-corrected chi connectivity index (χ0v) is 8.64. The van der Waals surface area contributed by atoms with Crippen LogP contribution in [0.1, 0.15) is 25.3 Å². The largest absolute Gasteiger partial charge is 0.300 e. The highest BCUT2D eigenvalue weighted by molar-refractivity contribution is 5.95. The highest BCUT2D eigenvalue weighted by Gasteiger charge is 1.99. The maximum absolute atomic E-state index is 11.3. The molecule has 0 unspecified atom stereocenters. The molecule has 3 heteroatoms. The van der Waals surface area contributed by atoms with Crippen LogP contribution < -0.4 is 0 Å². The van der Waals surface area contributed by atoms with E-state index < -0.39 is 0 Å². The van der Waals surface area contributed by atoms with Gasteiger partial charge in [-0.25, -0.2) is 0 Å². The molecular weight excluding hydrogens is 190 g/mol. The van der Waals surface area contributed by atoms with Crippen molar-refractivity contribution in [2.75, 3.05) is 0 Å². The van der Waals surface area contributed by atoms with Crippen molar-refractivity contribution < 1.29 is 9.59 Å². The minimum atomic E-state index is -0.0333. The van der Waals surface area contributed by atoms with E-state index in [4.69, 9.17) is 0 Å². The number of Topliss-reactive ketones (excluding diaryl/α,β-unsaturated/α-hetero) is 1. The van der Waals surface area contributed by atoms with E-state index in [0.29, 0.717) is 6.42 Å². The molecule has 0 fully saturated rings. The quantitative estimate of drug-likeness (QED) is 0.688. The SMILES string of the molecule is CC(=O)CCC(=O)/C=C/c1cccnc1. The van der Waals surface area contributed by atoms with Gasteiger partial charge in [0.1, 0.15) is 5.78 Å². The summed E-state index contributed by atoms with van der Waals surface area (Å²) in [4.78, 5) is 25.8. The first-order chi connectivity index (χ1) is 7.18. The molecule has 1 aromatic rings. The average Bonchev–Trinajstić information content (AvgIpc) is 2.25. The summed E-state index contributed by atoms with van der Waals surface area (Å²) in [5.41, 5.74) is 0.883. The molecular formula is C12H13NO2. The molecule has 0 bridgehead atoms. The van der Waals surface area contributed by atoms with Crippen molar-refractivity contribution in [3.8, 4) is 0 Å². The Kier molecular flexibility index (Phi) is 4.41. The topological polar surface area (TPSA) is 47.0 Å². The molecule has 1 rings (SSSR count). The molecule has 0 radical (unpaired) electrons. The number of carbonyl (C=O) groups is 2. The second-order valence-corrected chi connectivity index (χ2v) is 3.29. The number of carbonyl (C=O) groups excluding carboxylic acids is 2. The van der Waals surface area contributed by atoms with Crippen molar-refractivity contribution in [2.45, 2.75) is 19.8 Å². The number of hydrogen-bond donors (Lipinski definition) is 0. The van der Waals surface area contributed by atoms with Crippen molar-refractivity contribution in [2.24, 2.45) is 0 Å². The molecule has 3 nitrogen and oxygen atoms in total. The van der Waals surface area contributed by atoms with Gasteiger partial charge in [0.15, 0.2) is 5.78 Å². The first-order valence-electron chi connectivity index (χ1n) is 4.79. The molecule has 0 aliphatic heterocycles. The Morgan fingerprint density at radius 1 is 1.40 bits per heavy atom. The molecule has 0 saturated heterocycles. The fourth-order valence-corrected chi connectivity index (χ4v) is 1.05. The number of pyridine rings is 1. The van der Waals surface area contributed by atoms with E-state index in [1.165, 1.54) is 13.0 Å². The Hall–Kier alpha value is -1.77. The molecule has 1 aromatic heterocycles. The van der Waals surface area contributed by atoms with E-state index in [9.17, 15) is 9.59 Å². The van der Waals surface area contributed by atoms with Crippen molar-refractivity contribution in [3.63, 3.8) is 0 Å². The van der Waals surface area contributed by atoms with Crippen LogP contribution in [0, 0.1) is 0 Å². The third-order valence-electron chi connectivity index (χ3n) is 1.87. The highest BCUT2D eigenvalue weighted by Crippen LogP contribution is 2.00. The summed E-state index contributed by atoms with van der Waals surface area (Å²) < 4.78 is 0. The fraction of sp³-hybridized carbons (Fsp3) is 0.250. The van der Waals surface area contributed by atoms with Crippen molar-refractivity contribution in [1.29, 1.82) is 0 Å². The van der Waals surface area contributed by atoms with Gasteiger partial charge in [-0.15, -0.1) is 0 Å². The lowest BCUT2D eigenvalue weighted by Crippen LogP contribution is -1.97. The van der Waals surface area contributed by atoms with Crippen LogP contribution in [0.5, 0.6) is 0 Å². The van der Waals surface area contributed by atoms with Gasteiger partial charge in [0, 0.05) is 25.2 Å². The molecule has 0 N–H and O–H groups in total. The zero-order valence-electron chi connectivity index (χ0n) is 8.64. The Balaban J connectivity index is 2.44. The minimum absolute atomic E-state index is 0.0333. The van der Waals surface area contributed by atoms with E-state index in [2.05, 4.69) is 4.98 Å². The van der Waals surface area contributed by atoms with Crippen LogP contribution >= 0.6 is 0 Å². The van der Waals surface area contributed by atoms with E-state index in [0.717, 1.165) is 5.56 Å². The Bertz CT molecular complexity index is 368. The maximum atomic E-state index is 11.3. The number of nitrogens with zero attached hydrogens (tertiary/aromatic N) is 1. The summed E-state index contributed by atoms with van der Waals surface area (Å²) in [6.07, 6.45) is 7.14. The predicted molar refractivity (Wildman–Crippen MR) is 58.2 cm³/mol. The van der Waals surface area contributed by atoms with E-state index in [-0.39, 0.29) is 18.0 Å². The van der Waals surface area contributed by atoms with Crippen molar-refractivity contribution >= 4 is 17.6 Å². The molecule has 0 aliphatic carbocycles. The van der Waals surface area contributed by atoms with Gasteiger partial charge in [0.05, 0.1) is 0 Å². The van der Waals surface area contributed by atoms with Gasteiger partial charge in [-0.3, -0.25) is 9.78 Å². The fourth-order valence-electron chi connectivity index (χ4n) is 1.05. The summed E-state index contributed by atoms with van der Waals surface area (Å²) in [5, 5.41) is 0. The molecule has 1 heterocycles. The third kappa shape index (κ3) is 4.86. The van der Waals surface area contributed by atoms with Crippen molar-refractivity contribution in [1.82, 2.24) is 4.98 Å². The number of rotatable bonds is 5. The van der Waals surface area contributed by atoms with Gasteiger partial charge >= 0.3 is 0 Å². The summed E-state index contributed by atoms with van der Waals surface area (Å²) in [7, 11) is 0. The molecule has 0 amide bonds. The Morgan fingerprint density at radius 2 is 2.20 bits per heavy atom. The minimum Gasteiger partial charge on any atom is -0.300 e. The summed E-state index contributed by atoms with van der Waals surface area (Å²) in [6, 6.07) is 3.67. The van der Waals surface area contributed by atoms with Gasteiger partial charge in [0.25, 0.3) is 0 Å². The summed E-state index contributed by atoms with van der Waals surface area (Å²) >= 11 is 0. The van der Waals surface area contributed by atoms with Gasteiger partial charge in [-0.05, 0) is 30.7 Å².